The molecule has 0 bridgehead atoms. The lowest BCUT2D eigenvalue weighted by molar-refractivity contribution is 0.0308. The first-order chi connectivity index (χ1) is 12.1. The van der Waals surface area contributed by atoms with Gasteiger partial charge in [0.15, 0.2) is 11.5 Å². The Morgan fingerprint density at radius 3 is 1.68 bits per heavy atom. The van der Waals surface area contributed by atoms with E-state index in [2.05, 4.69) is 20.8 Å². The van der Waals surface area contributed by atoms with Gasteiger partial charge in [0.1, 0.15) is 5.60 Å². The molecule has 0 saturated carbocycles. The van der Waals surface area contributed by atoms with Gasteiger partial charge in [-0.25, -0.2) is 0 Å². The molecular weight excluding hydrogens is 312 g/mol. The molecule has 1 aromatic rings. The van der Waals surface area contributed by atoms with Crippen molar-refractivity contribution in [2.45, 2.75) is 103 Å². The lowest BCUT2D eigenvalue weighted by Crippen LogP contribution is -2.36. The van der Waals surface area contributed by atoms with Gasteiger partial charge in [-0.2, -0.15) is 0 Å². The van der Waals surface area contributed by atoms with Crippen LogP contribution >= 0.6 is 0 Å². The molecule has 0 spiro atoms. The highest BCUT2D eigenvalue weighted by molar-refractivity contribution is 5.49. The molecule has 0 fully saturated rings. The zero-order valence-corrected chi connectivity index (χ0v) is 16.5. The predicted octanol–water partition coefficient (Wildman–Crippen LogP) is 6.96. The second-order valence-electron chi connectivity index (χ2n) is 7.28. The average Bonchev–Trinajstić information content (AvgIpc) is 2.60. The number of rotatable bonds is 14. The first kappa shape index (κ1) is 21.7. The van der Waals surface area contributed by atoms with Crippen molar-refractivity contribution in [2.75, 3.05) is 0 Å². The second kappa shape index (κ2) is 12.1. The number of ether oxygens (including phenoxy) is 1. The monoisotopic (exact) mass is 350 g/mol. The Kier molecular flexibility index (Phi) is 10.4. The minimum Gasteiger partial charge on any atom is -0.504 e. The van der Waals surface area contributed by atoms with Crippen LogP contribution in [0.5, 0.6) is 17.2 Å². The van der Waals surface area contributed by atoms with E-state index in [0.29, 0.717) is 5.75 Å². The minimum absolute atomic E-state index is 0.109. The fraction of sp³-hybridized carbons (Fsp3) is 0.727. The Balaban J connectivity index is 2.98. The van der Waals surface area contributed by atoms with Crippen LogP contribution < -0.4 is 4.74 Å². The first-order valence-corrected chi connectivity index (χ1v) is 10.3. The summed E-state index contributed by atoms with van der Waals surface area (Å²) in [7, 11) is 0. The van der Waals surface area contributed by atoms with Gasteiger partial charge in [0.2, 0.25) is 5.75 Å². The van der Waals surface area contributed by atoms with E-state index in [4.69, 9.17) is 4.74 Å². The van der Waals surface area contributed by atoms with Gasteiger partial charge in [0.25, 0.3) is 0 Å². The summed E-state index contributed by atoms with van der Waals surface area (Å²) in [5, 5.41) is 20.0. The van der Waals surface area contributed by atoms with E-state index in [-0.39, 0.29) is 17.1 Å². The van der Waals surface area contributed by atoms with E-state index in [0.717, 1.165) is 38.5 Å². The van der Waals surface area contributed by atoms with Gasteiger partial charge >= 0.3 is 0 Å². The quantitative estimate of drug-likeness (QED) is 0.282. The van der Waals surface area contributed by atoms with Crippen molar-refractivity contribution in [3.05, 3.63) is 18.2 Å². The van der Waals surface area contributed by atoms with Crippen LogP contribution in [0.1, 0.15) is 97.8 Å². The third-order valence-corrected chi connectivity index (χ3v) is 5.01. The molecule has 0 heterocycles. The molecule has 0 aliphatic carbocycles. The second-order valence-corrected chi connectivity index (χ2v) is 7.28. The zero-order valence-electron chi connectivity index (χ0n) is 16.5. The number of hydrogen-bond donors (Lipinski definition) is 2. The van der Waals surface area contributed by atoms with Crippen LogP contribution in [0.4, 0.5) is 0 Å². The summed E-state index contributed by atoms with van der Waals surface area (Å²) in [5.41, 5.74) is -0.231. The van der Waals surface area contributed by atoms with E-state index in [1.165, 1.54) is 44.6 Å². The van der Waals surface area contributed by atoms with Crippen molar-refractivity contribution < 1.29 is 14.9 Å². The van der Waals surface area contributed by atoms with Crippen molar-refractivity contribution in [1.82, 2.24) is 0 Å². The third-order valence-electron chi connectivity index (χ3n) is 5.01. The number of para-hydroxylation sites is 1. The molecule has 1 aromatic carbocycles. The lowest BCUT2D eigenvalue weighted by atomic mass is 9.85. The number of benzene rings is 1. The molecule has 3 heteroatoms. The van der Waals surface area contributed by atoms with Gasteiger partial charge in [0, 0.05) is 0 Å². The average molecular weight is 351 g/mol. The van der Waals surface area contributed by atoms with Crippen molar-refractivity contribution in [3.8, 4) is 17.2 Å². The van der Waals surface area contributed by atoms with E-state index in [1.807, 2.05) is 0 Å². The largest absolute Gasteiger partial charge is 0.504 e. The van der Waals surface area contributed by atoms with Gasteiger partial charge in [-0.05, 0) is 50.7 Å². The normalized spacial score (nSPS) is 11.6. The van der Waals surface area contributed by atoms with Crippen molar-refractivity contribution in [1.29, 1.82) is 0 Å². The molecule has 25 heavy (non-hydrogen) atoms. The van der Waals surface area contributed by atoms with Crippen LogP contribution in [0.25, 0.3) is 0 Å². The Hall–Kier alpha value is -1.38. The topological polar surface area (TPSA) is 49.7 Å². The van der Waals surface area contributed by atoms with Gasteiger partial charge in [-0.1, -0.05) is 65.4 Å². The molecule has 0 aliphatic heterocycles. The lowest BCUT2D eigenvalue weighted by Gasteiger charge is -2.35. The van der Waals surface area contributed by atoms with E-state index in [1.54, 1.807) is 12.1 Å². The van der Waals surface area contributed by atoms with E-state index >= 15 is 0 Å². The van der Waals surface area contributed by atoms with Crippen LogP contribution in [0.3, 0.4) is 0 Å². The Bertz CT molecular complexity index is 444. The Morgan fingerprint density at radius 1 is 0.760 bits per heavy atom. The van der Waals surface area contributed by atoms with E-state index < -0.39 is 0 Å². The number of phenolic OH excluding ortho intramolecular Hbond substituents is 2. The highest BCUT2D eigenvalue weighted by atomic mass is 16.5. The Labute approximate surface area is 154 Å². The van der Waals surface area contributed by atoms with Crippen LogP contribution in [0.2, 0.25) is 0 Å². The molecular formula is C22H38O3. The van der Waals surface area contributed by atoms with Gasteiger partial charge in [0.05, 0.1) is 0 Å². The summed E-state index contributed by atoms with van der Waals surface area (Å²) in [4.78, 5) is 0. The van der Waals surface area contributed by atoms with Gasteiger partial charge in [-0.15, -0.1) is 0 Å². The van der Waals surface area contributed by atoms with Crippen LogP contribution in [0.15, 0.2) is 18.2 Å². The first-order valence-electron chi connectivity index (χ1n) is 10.3. The molecule has 3 nitrogen and oxygen atoms in total. The Morgan fingerprint density at radius 2 is 1.24 bits per heavy atom. The zero-order chi connectivity index (χ0) is 18.5. The highest BCUT2D eigenvalue weighted by Crippen LogP contribution is 2.40. The van der Waals surface area contributed by atoms with Crippen molar-refractivity contribution in [3.63, 3.8) is 0 Å². The molecule has 0 radical (unpaired) electrons. The molecule has 0 saturated heterocycles. The SMILES string of the molecule is CCCCCC(CCCCC)(CCCCC)Oc1cccc(O)c1O. The predicted molar refractivity (Wildman–Crippen MR) is 106 cm³/mol. The van der Waals surface area contributed by atoms with E-state index in [9.17, 15) is 10.2 Å². The van der Waals surface area contributed by atoms with Crippen LogP contribution in [-0.4, -0.2) is 15.8 Å². The number of phenols is 2. The van der Waals surface area contributed by atoms with Crippen LogP contribution in [-0.2, 0) is 0 Å². The summed E-state index contributed by atoms with van der Waals surface area (Å²) in [6.07, 6.45) is 13.7. The third kappa shape index (κ3) is 7.58. The maximum absolute atomic E-state index is 10.2. The maximum atomic E-state index is 10.2. The summed E-state index contributed by atoms with van der Waals surface area (Å²) >= 11 is 0. The number of aromatic hydroxyl groups is 2. The molecule has 0 atom stereocenters. The van der Waals surface area contributed by atoms with Gasteiger partial charge in [-0.3, -0.25) is 0 Å². The molecule has 2 N–H and O–H groups in total. The molecule has 0 amide bonds. The fourth-order valence-electron chi connectivity index (χ4n) is 3.45. The molecule has 0 unspecified atom stereocenters. The summed E-state index contributed by atoms with van der Waals surface area (Å²) < 4.78 is 6.44. The maximum Gasteiger partial charge on any atom is 0.200 e. The van der Waals surface area contributed by atoms with Crippen molar-refractivity contribution >= 4 is 0 Å². The van der Waals surface area contributed by atoms with Gasteiger partial charge < -0.3 is 14.9 Å². The minimum atomic E-state index is -0.231. The summed E-state index contributed by atoms with van der Waals surface area (Å²) in [5.74, 6) is 0.180. The summed E-state index contributed by atoms with van der Waals surface area (Å²) in [6, 6.07) is 5.00. The fourth-order valence-corrected chi connectivity index (χ4v) is 3.45. The molecule has 1 rings (SSSR count). The number of hydrogen-bond acceptors (Lipinski definition) is 3. The molecule has 144 valence electrons. The highest BCUT2D eigenvalue weighted by Gasteiger charge is 2.32. The number of unbranched alkanes of at least 4 members (excludes halogenated alkanes) is 6. The van der Waals surface area contributed by atoms with Crippen molar-refractivity contribution in [2.24, 2.45) is 0 Å². The summed E-state index contributed by atoms with van der Waals surface area (Å²) in [6.45, 7) is 6.66. The standard InChI is InChI=1S/C22H38O3/c1-4-7-10-16-22(17-11-8-5-2,18-12-9-6-3)25-20-15-13-14-19(23)21(20)24/h13-15,23-24H,4-12,16-18H2,1-3H3. The molecule has 0 aromatic heterocycles. The molecule has 0 aliphatic rings. The smallest absolute Gasteiger partial charge is 0.200 e. The van der Waals surface area contributed by atoms with Crippen LogP contribution in [0, 0.1) is 0 Å².